The molecule has 1 atom stereocenters. The van der Waals surface area contributed by atoms with Crippen molar-refractivity contribution in [2.45, 2.75) is 38.9 Å². The molecular weight excluding hydrogens is 504 g/mol. The van der Waals surface area contributed by atoms with Gasteiger partial charge in [0.1, 0.15) is 30.0 Å². The smallest absolute Gasteiger partial charge is 0.412 e. The summed E-state index contributed by atoms with van der Waals surface area (Å²) in [5.74, 6) is 0.805. The van der Waals surface area contributed by atoms with Gasteiger partial charge in [-0.25, -0.2) is 4.79 Å². The third-order valence-corrected chi connectivity index (χ3v) is 6.85. The molecule has 0 spiro atoms. The number of rotatable bonds is 9. The highest BCUT2D eigenvalue weighted by atomic mass is 16.5. The van der Waals surface area contributed by atoms with Gasteiger partial charge >= 0.3 is 6.09 Å². The molecule has 0 aliphatic heterocycles. The first-order chi connectivity index (χ1) is 19.2. The summed E-state index contributed by atoms with van der Waals surface area (Å²) < 4.78 is 10.7. The normalized spacial score (nSPS) is 11.9. The molecule has 4 rings (SSSR count). The maximum absolute atomic E-state index is 11.5. The average molecular weight is 539 g/mol. The summed E-state index contributed by atoms with van der Waals surface area (Å²) in [6.45, 7) is 6.50. The van der Waals surface area contributed by atoms with Crippen molar-refractivity contribution in [3.05, 3.63) is 130 Å². The monoisotopic (exact) mass is 538 g/mol. The number of amidine groups is 1. The Bertz CT molecular complexity index is 1450. The molecule has 0 aliphatic carbocycles. The summed E-state index contributed by atoms with van der Waals surface area (Å²) in [6.07, 6.45) is -1.45. The summed E-state index contributed by atoms with van der Waals surface area (Å²) in [4.78, 5) is 11.5. The predicted molar refractivity (Wildman–Crippen MR) is 155 cm³/mol. The fourth-order valence-corrected chi connectivity index (χ4v) is 4.40. The van der Waals surface area contributed by atoms with Crippen molar-refractivity contribution >= 4 is 11.9 Å². The second-order valence-corrected chi connectivity index (χ2v) is 9.97. The van der Waals surface area contributed by atoms with E-state index in [2.05, 4.69) is 19.2 Å². The second kappa shape index (κ2) is 12.5. The van der Waals surface area contributed by atoms with E-state index in [1.54, 1.807) is 43.3 Å². The third kappa shape index (κ3) is 6.87. The highest BCUT2D eigenvalue weighted by molar-refractivity contribution is 6.04. The molecule has 0 fully saturated rings. The van der Waals surface area contributed by atoms with Gasteiger partial charge in [-0.05, 0) is 77.2 Å². The minimum Gasteiger partial charge on any atom is -0.508 e. The van der Waals surface area contributed by atoms with Gasteiger partial charge in [0.05, 0.1) is 6.61 Å². The number of aliphatic hydroxyl groups excluding tert-OH is 1. The molecule has 1 amide bonds. The van der Waals surface area contributed by atoms with Crippen LogP contribution in [0.3, 0.4) is 0 Å². The maximum atomic E-state index is 11.5. The molecule has 4 aromatic rings. The standard InChI is InChI=1S/C33H34N2O5/c1-4-39-32(38)35-31(34)24-10-18-29(19-11-24)40-21-22-6-5-7-25(20-22)30(37)23-8-12-26(13-9-23)33(2,3)27-14-16-28(36)17-15-27/h5-20,30,36-37H,4,21H2,1-3H3,(H2,34,35,38). The minimum atomic E-state index is -0.789. The lowest BCUT2D eigenvalue weighted by molar-refractivity contribution is 0.158. The fourth-order valence-electron chi connectivity index (χ4n) is 4.40. The van der Waals surface area contributed by atoms with Crippen molar-refractivity contribution < 1.29 is 24.5 Å². The Morgan fingerprint density at radius 2 is 1.52 bits per heavy atom. The van der Waals surface area contributed by atoms with Crippen molar-refractivity contribution in [3.8, 4) is 11.5 Å². The fraction of sp³-hybridized carbons (Fsp3) is 0.212. The van der Waals surface area contributed by atoms with Crippen LogP contribution in [0.15, 0.2) is 97.1 Å². The van der Waals surface area contributed by atoms with Gasteiger partial charge in [-0.15, -0.1) is 0 Å². The van der Waals surface area contributed by atoms with E-state index in [1.165, 1.54) is 0 Å². The van der Waals surface area contributed by atoms with Crippen LogP contribution in [0.4, 0.5) is 4.79 Å². The zero-order chi connectivity index (χ0) is 28.7. The number of phenolic OH excluding ortho intramolecular Hbond substituents is 1. The van der Waals surface area contributed by atoms with Crippen LogP contribution in [0.5, 0.6) is 11.5 Å². The Morgan fingerprint density at radius 1 is 0.900 bits per heavy atom. The van der Waals surface area contributed by atoms with Gasteiger partial charge in [-0.1, -0.05) is 68.4 Å². The summed E-state index contributed by atoms with van der Waals surface area (Å²) in [5, 5.41) is 31.1. The first-order valence-corrected chi connectivity index (χ1v) is 13.1. The number of carbonyl (C=O) groups is 1. The number of hydrogen-bond donors (Lipinski definition) is 4. The van der Waals surface area contributed by atoms with Crippen molar-refractivity contribution in [2.75, 3.05) is 6.61 Å². The Morgan fingerprint density at radius 3 is 2.15 bits per heavy atom. The lowest BCUT2D eigenvalue weighted by atomic mass is 9.78. The van der Waals surface area contributed by atoms with E-state index < -0.39 is 12.2 Å². The number of nitrogens with one attached hydrogen (secondary N) is 2. The number of aliphatic hydroxyl groups is 1. The molecule has 4 aromatic carbocycles. The van der Waals surface area contributed by atoms with Gasteiger partial charge in [0.15, 0.2) is 0 Å². The van der Waals surface area contributed by atoms with E-state index in [0.717, 1.165) is 27.8 Å². The van der Waals surface area contributed by atoms with Crippen LogP contribution < -0.4 is 10.1 Å². The van der Waals surface area contributed by atoms with E-state index in [-0.39, 0.29) is 23.6 Å². The lowest BCUT2D eigenvalue weighted by Gasteiger charge is -2.26. The van der Waals surface area contributed by atoms with Gasteiger partial charge < -0.3 is 19.7 Å². The quantitative estimate of drug-likeness (QED) is 0.145. The number of hydrogen-bond acceptors (Lipinski definition) is 6. The molecule has 40 heavy (non-hydrogen) atoms. The first-order valence-electron chi connectivity index (χ1n) is 13.1. The van der Waals surface area contributed by atoms with E-state index >= 15 is 0 Å². The van der Waals surface area contributed by atoms with Crippen LogP contribution in [0.1, 0.15) is 60.3 Å². The molecule has 0 heterocycles. The highest BCUT2D eigenvalue weighted by Gasteiger charge is 2.23. The molecule has 7 heteroatoms. The number of phenols is 1. The Labute approximate surface area is 234 Å². The third-order valence-electron chi connectivity index (χ3n) is 6.85. The molecule has 0 saturated heterocycles. The summed E-state index contributed by atoms with van der Waals surface area (Å²) in [5.41, 5.74) is 4.93. The van der Waals surface area contributed by atoms with Crippen LogP contribution in [-0.2, 0) is 16.8 Å². The maximum Gasteiger partial charge on any atom is 0.412 e. The molecule has 4 N–H and O–H groups in total. The van der Waals surface area contributed by atoms with Gasteiger partial charge in [-0.2, -0.15) is 0 Å². The average Bonchev–Trinajstić information content (AvgIpc) is 2.96. The largest absolute Gasteiger partial charge is 0.508 e. The van der Waals surface area contributed by atoms with Gasteiger partial charge in [0, 0.05) is 11.0 Å². The van der Waals surface area contributed by atoms with Crippen molar-refractivity contribution in [1.29, 1.82) is 5.41 Å². The Balaban J connectivity index is 1.38. The molecule has 1 unspecified atom stereocenters. The summed E-state index contributed by atoms with van der Waals surface area (Å²) >= 11 is 0. The van der Waals surface area contributed by atoms with Crippen molar-refractivity contribution in [1.82, 2.24) is 5.32 Å². The molecule has 206 valence electrons. The zero-order valence-electron chi connectivity index (χ0n) is 22.8. The van der Waals surface area contributed by atoms with Crippen LogP contribution in [-0.4, -0.2) is 28.7 Å². The van der Waals surface area contributed by atoms with E-state index in [1.807, 2.05) is 60.7 Å². The van der Waals surface area contributed by atoms with Crippen LogP contribution in [0.2, 0.25) is 0 Å². The minimum absolute atomic E-state index is 0.0522. The second-order valence-electron chi connectivity index (χ2n) is 9.97. The molecule has 0 aliphatic rings. The molecular formula is C33H34N2O5. The number of alkyl carbamates (subject to hydrolysis) is 1. The van der Waals surface area contributed by atoms with E-state index in [0.29, 0.717) is 17.9 Å². The highest BCUT2D eigenvalue weighted by Crippen LogP contribution is 2.33. The number of ether oxygens (including phenoxy) is 2. The summed E-state index contributed by atoms with van der Waals surface area (Å²) in [7, 11) is 0. The topological polar surface area (TPSA) is 112 Å². The number of aromatic hydroxyl groups is 1. The lowest BCUT2D eigenvalue weighted by Crippen LogP contribution is -2.30. The summed E-state index contributed by atoms with van der Waals surface area (Å²) in [6, 6.07) is 29.7. The molecule has 0 aromatic heterocycles. The van der Waals surface area contributed by atoms with Crippen molar-refractivity contribution in [3.63, 3.8) is 0 Å². The number of amides is 1. The van der Waals surface area contributed by atoms with Gasteiger partial charge in [0.25, 0.3) is 0 Å². The molecule has 0 radical (unpaired) electrons. The van der Waals surface area contributed by atoms with Crippen LogP contribution in [0.25, 0.3) is 0 Å². The number of benzene rings is 4. The Hall–Kier alpha value is -4.62. The zero-order valence-corrected chi connectivity index (χ0v) is 22.8. The number of carbonyl (C=O) groups excluding carboxylic acids is 1. The van der Waals surface area contributed by atoms with Gasteiger partial charge in [0.2, 0.25) is 0 Å². The van der Waals surface area contributed by atoms with Gasteiger partial charge in [-0.3, -0.25) is 10.7 Å². The molecule has 0 saturated carbocycles. The van der Waals surface area contributed by atoms with E-state index in [9.17, 15) is 15.0 Å². The first kappa shape index (κ1) is 28.4. The van der Waals surface area contributed by atoms with Crippen LogP contribution in [0, 0.1) is 5.41 Å². The van der Waals surface area contributed by atoms with Crippen molar-refractivity contribution in [2.24, 2.45) is 0 Å². The van der Waals surface area contributed by atoms with E-state index in [4.69, 9.17) is 14.9 Å². The molecule has 0 bridgehead atoms. The predicted octanol–water partition coefficient (Wildman–Crippen LogP) is 6.45. The Kier molecular flexibility index (Phi) is 8.86. The molecule has 7 nitrogen and oxygen atoms in total. The SMILES string of the molecule is CCOC(=O)NC(=N)c1ccc(OCc2cccc(C(O)c3ccc(C(C)(C)c4ccc(O)cc4)cc3)c2)cc1. The van der Waals surface area contributed by atoms with Crippen LogP contribution >= 0.6 is 0 Å².